The zero-order valence-electron chi connectivity index (χ0n) is 6.66. The zero-order chi connectivity index (χ0) is 8.27. The van der Waals surface area contributed by atoms with Crippen molar-refractivity contribution in [2.24, 2.45) is 0 Å². The number of benzene rings is 1. The summed E-state index contributed by atoms with van der Waals surface area (Å²) >= 11 is 0. The normalized spacial score (nSPS) is 8.42. The third-order valence-electron chi connectivity index (χ3n) is 1.10. The van der Waals surface area contributed by atoms with E-state index in [-0.39, 0.29) is 44.4 Å². The van der Waals surface area contributed by atoms with Gasteiger partial charge in [0.05, 0.1) is 0 Å². The van der Waals surface area contributed by atoms with Crippen molar-refractivity contribution in [2.45, 2.75) is 6.92 Å². The van der Waals surface area contributed by atoms with E-state index >= 15 is 0 Å². The van der Waals surface area contributed by atoms with E-state index in [0.717, 1.165) is 0 Å². The van der Waals surface area contributed by atoms with Gasteiger partial charge in [0.15, 0.2) is 0 Å². The summed E-state index contributed by atoms with van der Waals surface area (Å²) in [6.45, 7) is 1.40. The standard InChI is InChI=1S/C8H8NO2.Y/c1-6(10)9-7-3-2-4-8(11)5-7;/h2,4-5,11H,1H3,(H,9,10);/q-1;. The molecule has 0 fully saturated rings. The maximum Gasteiger partial charge on any atom is 0.219 e. The molecule has 0 aliphatic rings. The molecule has 0 bridgehead atoms. The van der Waals surface area contributed by atoms with Crippen LogP contribution in [0.2, 0.25) is 0 Å². The summed E-state index contributed by atoms with van der Waals surface area (Å²) < 4.78 is 0. The minimum atomic E-state index is -0.174. The molecule has 0 aromatic heterocycles. The number of anilines is 1. The summed E-state index contributed by atoms with van der Waals surface area (Å²) in [7, 11) is 0. The zero-order valence-corrected chi connectivity index (χ0v) is 9.50. The van der Waals surface area contributed by atoms with E-state index in [2.05, 4.69) is 11.4 Å². The Hall–Kier alpha value is -0.406. The molecule has 0 heterocycles. The van der Waals surface area contributed by atoms with Gasteiger partial charge in [0.1, 0.15) is 0 Å². The predicted molar refractivity (Wildman–Crippen MR) is 41.2 cm³/mol. The van der Waals surface area contributed by atoms with Crippen molar-refractivity contribution >= 4 is 11.6 Å². The van der Waals surface area contributed by atoms with Gasteiger partial charge in [-0.2, -0.15) is 12.1 Å². The van der Waals surface area contributed by atoms with E-state index in [1.807, 2.05) is 0 Å². The Labute approximate surface area is 96.1 Å². The van der Waals surface area contributed by atoms with Crippen LogP contribution in [0.15, 0.2) is 18.2 Å². The van der Waals surface area contributed by atoms with Gasteiger partial charge in [-0.25, -0.2) is 0 Å². The van der Waals surface area contributed by atoms with E-state index < -0.39 is 0 Å². The van der Waals surface area contributed by atoms with Crippen LogP contribution in [0.1, 0.15) is 6.92 Å². The van der Waals surface area contributed by atoms with Crippen molar-refractivity contribution in [3.05, 3.63) is 24.3 Å². The van der Waals surface area contributed by atoms with Gasteiger partial charge >= 0.3 is 0 Å². The summed E-state index contributed by atoms with van der Waals surface area (Å²) in [4.78, 5) is 10.5. The minimum Gasteiger partial charge on any atom is -0.533 e. The molecule has 12 heavy (non-hydrogen) atoms. The van der Waals surface area contributed by atoms with Gasteiger partial charge in [-0.15, -0.1) is 12.1 Å². The van der Waals surface area contributed by atoms with Gasteiger partial charge in [-0.1, -0.05) is 5.69 Å². The van der Waals surface area contributed by atoms with Gasteiger partial charge < -0.3 is 10.4 Å². The van der Waals surface area contributed by atoms with Gasteiger partial charge in [0.25, 0.3) is 0 Å². The molecule has 1 radical (unpaired) electrons. The maximum atomic E-state index is 10.5. The van der Waals surface area contributed by atoms with E-state index in [1.165, 1.54) is 19.1 Å². The molecule has 0 saturated carbocycles. The number of nitrogens with one attached hydrogen (secondary N) is 1. The second-order valence-corrected chi connectivity index (χ2v) is 2.14. The van der Waals surface area contributed by atoms with Crippen LogP contribution >= 0.6 is 0 Å². The first kappa shape index (κ1) is 11.6. The number of carbonyl (C=O) groups excluding carboxylic acids is 1. The number of rotatable bonds is 1. The number of aromatic hydroxyl groups is 1. The number of carbonyl (C=O) groups is 1. The molecule has 61 valence electrons. The topological polar surface area (TPSA) is 49.3 Å². The molecule has 0 unspecified atom stereocenters. The van der Waals surface area contributed by atoms with E-state index in [9.17, 15) is 4.79 Å². The second kappa shape index (κ2) is 5.28. The van der Waals surface area contributed by atoms with E-state index in [4.69, 9.17) is 5.11 Å². The van der Waals surface area contributed by atoms with Crippen LogP contribution < -0.4 is 5.32 Å². The number of hydrogen-bond acceptors (Lipinski definition) is 2. The quantitative estimate of drug-likeness (QED) is 0.722. The summed E-state index contributed by atoms with van der Waals surface area (Å²) in [5.41, 5.74) is 0.484. The first-order valence-corrected chi connectivity index (χ1v) is 3.17. The Morgan fingerprint density at radius 3 is 2.83 bits per heavy atom. The average molecular weight is 239 g/mol. The Bertz CT molecular complexity index is 276. The van der Waals surface area contributed by atoms with Crippen molar-refractivity contribution < 1.29 is 42.6 Å². The first-order valence-electron chi connectivity index (χ1n) is 3.17. The van der Waals surface area contributed by atoms with Crippen molar-refractivity contribution in [2.75, 3.05) is 5.32 Å². The summed E-state index contributed by atoms with van der Waals surface area (Å²) in [5.74, 6) is -0.0562. The third kappa shape index (κ3) is 3.83. The molecule has 0 aliphatic carbocycles. The number of phenols is 1. The number of hydrogen-bond donors (Lipinski definition) is 2. The number of amides is 1. The molecule has 0 aliphatic heterocycles. The van der Waals surface area contributed by atoms with Crippen LogP contribution in [0.4, 0.5) is 5.69 Å². The molecule has 1 amide bonds. The largest absolute Gasteiger partial charge is 0.533 e. The first-order chi connectivity index (χ1) is 5.18. The Kier molecular flexibility index (Phi) is 5.10. The molecule has 1 rings (SSSR count). The average Bonchev–Trinajstić information content (AvgIpc) is 1.85. The van der Waals surface area contributed by atoms with E-state index in [0.29, 0.717) is 5.69 Å². The Morgan fingerprint density at radius 2 is 2.33 bits per heavy atom. The smallest absolute Gasteiger partial charge is 0.219 e. The molecule has 4 heteroatoms. The third-order valence-corrected chi connectivity index (χ3v) is 1.10. The van der Waals surface area contributed by atoms with E-state index in [1.54, 1.807) is 6.07 Å². The van der Waals surface area contributed by atoms with Crippen LogP contribution in [0.25, 0.3) is 0 Å². The molecular formula is C8H8NO2Y-. The van der Waals surface area contributed by atoms with Gasteiger partial charge in [-0.3, -0.25) is 4.79 Å². The Balaban J connectivity index is 0.00000121. The molecule has 0 atom stereocenters. The van der Waals surface area contributed by atoms with Crippen molar-refractivity contribution in [1.82, 2.24) is 0 Å². The van der Waals surface area contributed by atoms with Gasteiger partial charge in [0, 0.05) is 45.4 Å². The molecular weight excluding hydrogens is 231 g/mol. The SMILES string of the molecule is CC(=O)Nc1[c-]ccc(O)c1.[Y]. The fourth-order valence-corrected chi connectivity index (χ4v) is 0.716. The Morgan fingerprint density at radius 1 is 1.67 bits per heavy atom. The van der Waals surface area contributed by atoms with Crippen LogP contribution in [0.3, 0.4) is 0 Å². The molecule has 2 N–H and O–H groups in total. The van der Waals surface area contributed by atoms with Crippen molar-refractivity contribution in [1.29, 1.82) is 0 Å². The molecule has 1 aromatic carbocycles. The molecule has 3 nitrogen and oxygen atoms in total. The van der Waals surface area contributed by atoms with Crippen LogP contribution in [-0.2, 0) is 37.5 Å². The monoisotopic (exact) mass is 239 g/mol. The molecule has 0 spiro atoms. The number of phenolic OH excluding ortho intramolecular Hbond substituents is 1. The molecule has 1 aromatic rings. The second-order valence-electron chi connectivity index (χ2n) is 2.14. The summed E-state index contributed by atoms with van der Waals surface area (Å²) in [6.07, 6.45) is 0. The molecule has 0 saturated heterocycles. The summed E-state index contributed by atoms with van der Waals surface area (Å²) in [6, 6.07) is 7.21. The van der Waals surface area contributed by atoms with Crippen LogP contribution in [-0.4, -0.2) is 11.0 Å². The van der Waals surface area contributed by atoms with Crippen molar-refractivity contribution in [3.63, 3.8) is 0 Å². The van der Waals surface area contributed by atoms with Crippen molar-refractivity contribution in [3.8, 4) is 5.75 Å². The van der Waals surface area contributed by atoms with Gasteiger partial charge in [0.2, 0.25) is 5.91 Å². The fourth-order valence-electron chi connectivity index (χ4n) is 0.716. The fraction of sp³-hybridized carbons (Fsp3) is 0.125. The van der Waals surface area contributed by atoms with Gasteiger partial charge in [-0.05, 0) is 0 Å². The summed E-state index contributed by atoms with van der Waals surface area (Å²) in [5, 5.41) is 11.4. The van der Waals surface area contributed by atoms with Crippen LogP contribution in [0.5, 0.6) is 5.75 Å². The maximum absolute atomic E-state index is 10.5. The minimum absolute atomic E-state index is 0. The predicted octanol–water partition coefficient (Wildman–Crippen LogP) is 1.15. The van der Waals surface area contributed by atoms with Crippen LogP contribution in [0, 0.1) is 6.07 Å².